The largest absolute Gasteiger partial charge is 0.320 e. The van der Waals surface area contributed by atoms with Crippen LogP contribution in [0.2, 0.25) is 0 Å². The average molecular weight is 398 g/mol. The van der Waals surface area contributed by atoms with Crippen molar-refractivity contribution < 1.29 is 16.8 Å². The number of nitrogens with zero attached hydrogens (tertiary/aromatic N) is 2. The van der Waals surface area contributed by atoms with Gasteiger partial charge in [-0.25, -0.2) is 21.8 Å². The summed E-state index contributed by atoms with van der Waals surface area (Å²) in [6.45, 7) is 1.92. The second kappa shape index (κ2) is 8.57. The molecule has 2 heterocycles. The molecule has 0 aliphatic carbocycles. The third kappa shape index (κ3) is 5.13. The molecule has 0 unspecified atom stereocenters. The molecule has 1 saturated heterocycles. The van der Waals surface area contributed by atoms with E-state index in [9.17, 15) is 16.8 Å². The zero-order valence-corrected chi connectivity index (χ0v) is 16.3. The molecule has 1 aliphatic heterocycles. The van der Waals surface area contributed by atoms with Crippen LogP contribution in [0.5, 0.6) is 0 Å². The van der Waals surface area contributed by atoms with Gasteiger partial charge in [-0.05, 0) is 50.9 Å². The monoisotopic (exact) mass is 397 g/mol. The van der Waals surface area contributed by atoms with Crippen LogP contribution in [-0.4, -0.2) is 59.1 Å². The van der Waals surface area contributed by atoms with E-state index in [4.69, 9.17) is 0 Å². The Bertz CT molecular complexity index is 728. The van der Waals surface area contributed by atoms with Gasteiger partial charge >= 0.3 is 0 Å². The Balaban J connectivity index is 0.00000288. The Kier molecular flexibility index (Phi) is 7.61. The SMILES string of the molecule is CNCCC1CCN(S(=O)(=O)c2ccc(S(C)(=O)=O)nc2)CC1.Cl. The van der Waals surface area contributed by atoms with Gasteiger partial charge in [0.05, 0.1) is 0 Å². The number of hydrogen-bond donors (Lipinski definition) is 1. The van der Waals surface area contributed by atoms with Gasteiger partial charge in [0.15, 0.2) is 14.9 Å². The minimum Gasteiger partial charge on any atom is -0.320 e. The van der Waals surface area contributed by atoms with Crippen molar-refractivity contribution in [3.63, 3.8) is 0 Å². The van der Waals surface area contributed by atoms with E-state index in [1.165, 1.54) is 16.4 Å². The van der Waals surface area contributed by atoms with Crippen molar-refractivity contribution in [2.75, 3.05) is 32.9 Å². The van der Waals surface area contributed by atoms with E-state index in [2.05, 4.69) is 10.3 Å². The number of halogens is 1. The molecule has 1 aromatic heterocycles. The highest BCUT2D eigenvalue weighted by Gasteiger charge is 2.29. The molecule has 7 nitrogen and oxygen atoms in total. The molecule has 1 aromatic rings. The molecule has 2 rings (SSSR count). The van der Waals surface area contributed by atoms with Crippen molar-refractivity contribution in [3.05, 3.63) is 18.3 Å². The normalized spacial score (nSPS) is 17.4. The second-order valence-corrected chi connectivity index (χ2v) is 9.74. The summed E-state index contributed by atoms with van der Waals surface area (Å²) in [6.07, 6.45) is 4.90. The van der Waals surface area contributed by atoms with Crippen molar-refractivity contribution in [1.82, 2.24) is 14.6 Å². The van der Waals surface area contributed by atoms with Gasteiger partial charge in [0.1, 0.15) is 4.90 Å². The molecular formula is C14H24ClN3O4S2. The van der Waals surface area contributed by atoms with Gasteiger partial charge in [-0.15, -0.1) is 12.4 Å². The Labute approximate surface area is 150 Å². The standard InChI is InChI=1S/C14H23N3O4S2.ClH/c1-15-8-5-12-6-9-17(10-7-12)23(20,21)13-3-4-14(16-11-13)22(2,18)19;/h3-4,11-12,15H,5-10H2,1-2H3;1H. The first-order valence-electron chi connectivity index (χ1n) is 7.56. The average Bonchev–Trinajstić information content (AvgIpc) is 2.52. The number of sulfone groups is 1. The summed E-state index contributed by atoms with van der Waals surface area (Å²) in [5, 5.41) is 2.99. The lowest BCUT2D eigenvalue weighted by atomic mass is 9.95. The van der Waals surface area contributed by atoms with Gasteiger partial charge in [0.25, 0.3) is 0 Å². The van der Waals surface area contributed by atoms with Crippen LogP contribution in [0.15, 0.2) is 28.3 Å². The maximum absolute atomic E-state index is 12.6. The van der Waals surface area contributed by atoms with Crippen LogP contribution in [-0.2, 0) is 19.9 Å². The third-order valence-corrected chi connectivity index (χ3v) is 6.99. The van der Waals surface area contributed by atoms with Crippen LogP contribution in [0.1, 0.15) is 19.3 Å². The Morgan fingerprint density at radius 3 is 2.29 bits per heavy atom. The van der Waals surface area contributed by atoms with Crippen LogP contribution in [0.25, 0.3) is 0 Å². The highest BCUT2D eigenvalue weighted by atomic mass is 35.5. The van der Waals surface area contributed by atoms with E-state index in [0.717, 1.165) is 38.3 Å². The molecular weight excluding hydrogens is 374 g/mol. The van der Waals surface area contributed by atoms with Gasteiger partial charge in [-0.3, -0.25) is 0 Å². The molecule has 0 amide bonds. The highest BCUT2D eigenvalue weighted by Crippen LogP contribution is 2.25. The zero-order chi connectivity index (χ0) is 17.1. The number of sulfonamides is 1. The van der Waals surface area contributed by atoms with E-state index in [1.54, 1.807) is 0 Å². The first-order chi connectivity index (χ1) is 10.7. The smallest absolute Gasteiger partial charge is 0.244 e. The first-order valence-corrected chi connectivity index (χ1v) is 10.9. The molecule has 0 saturated carbocycles. The number of nitrogens with one attached hydrogen (secondary N) is 1. The fourth-order valence-corrected chi connectivity index (χ4v) is 4.65. The predicted molar refractivity (Wildman–Crippen MR) is 94.6 cm³/mol. The Hall–Kier alpha value is -0.740. The molecule has 0 bridgehead atoms. The fraction of sp³-hybridized carbons (Fsp3) is 0.643. The second-order valence-electron chi connectivity index (χ2n) is 5.84. The zero-order valence-electron chi connectivity index (χ0n) is 13.8. The maximum atomic E-state index is 12.6. The minimum atomic E-state index is -3.61. The Morgan fingerprint density at radius 2 is 1.83 bits per heavy atom. The number of piperidine rings is 1. The van der Waals surface area contributed by atoms with Crippen LogP contribution in [0, 0.1) is 5.92 Å². The molecule has 1 aliphatic rings. The van der Waals surface area contributed by atoms with Crippen molar-refractivity contribution in [1.29, 1.82) is 0 Å². The Morgan fingerprint density at radius 1 is 1.21 bits per heavy atom. The lowest BCUT2D eigenvalue weighted by Crippen LogP contribution is -2.39. The summed E-state index contributed by atoms with van der Waals surface area (Å²) in [6, 6.07) is 2.55. The first kappa shape index (κ1) is 21.3. The lowest BCUT2D eigenvalue weighted by molar-refractivity contribution is 0.263. The van der Waals surface area contributed by atoms with E-state index >= 15 is 0 Å². The van der Waals surface area contributed by atoms with Crippen LogP contribution in [0.3, 0.4) is 0 Å². The number of pyridine rings is 1. The van der Waals surface area contributed by atoms with Crippen LogP contribution < -0.4 is 5.32 Å². The quantitative estimate of drug-likeness (QED) is 0.766. The molecule has 0 spiro atoms. The van der Waals surface area contributed by atoms with Crippen LogP contribution >= 0.6 is 12.4 Å². The van der Waals surface area contributed by atoms with Crippen molar-refractivity contribution in [2.24, 2.45) is 5.92 Å². The number of hydrogen-bond acceptors (Lipinski definition) is 6. The van der Waals surface area contributed by atoms with Gasteiger partial charge in [-0.1, -0.05) is 0 Å². The molecule has 1 fully saturated rings. The molecule has 138 valence electrons. The van der Waals surface area contributed by atoms with E-state index in [1.807, 2.05) is 7.05 Å². The van der Waals surface area contributed by atoms with E-state index in [0.29, 0.717) is 19.0 Å². The molecule has 0 atom stereocenters. The molecule has 1 N–H and O–H groups in total. The van der Waals surface area contributed by atoms with E-state index in [-0.39, 0.29) is 22.3 Å². The van der Waals surface area contributed by atoms with Gasteiger partial charge in [0.2, 0.25) is 10.0 Å². The summed E-state index contributed by atoms with van der Waals surface area (Å²) < 4.78 is 49.4. The predicted octanol–water partition coefficient (Wildman–Crippen LogP) is 0.917. The highest BCUT2D eigenvalue weighted by molar-refractivity contribution is 7.90. The summed E-state index contributed by atoms with van der Waals surface area (Å²) in [5.41, 5.74) is 0. The van der Waals surface area contributed by atoms with Gasteiger partial charge in [-0.2, -0.15) is 4.31 Å². The van der Waals surface area contributed by atoms with Crippen LogP contribution in [0.4, 0.5) is 0 Å². The summed E-state index contributed by atoms with van der Waals surface area (Å²) >= 11 is 0. The minimum absolute atomic E-state index is 0. The number of aromatic nitrogens is 1. The molecule has 10 heteroatoms. The van der Waals surface area contributed by atoms with Gasteiger partial charge < -0.3 is 5.32 Å². The summed E-state index contributed by atoms with van der Waals surface area (Å²) in [7, 11) is -5.13. The van der Waals surface area contributed by atoms with Crippen molar-refractivity contribution in [3.8, 4) is 0 Å². The summed E-state index contributed by atoms with van der Waals surface area (Å²) in [4.78, 5) is 3.80. The summed E-state index contributed by atoms with van der Waals surface area (Å²) in [5.74, 6) is 0.541. The lowest BCUT2D eigenvalue weighted by Gasteiger charge is -2.31. The topological polar surface area (TPSA) is 96.4 Å². The van der Waals surface area contributed by atoms with Crippen molar-refractivity contribution in [2.45, 2.75) is 29.2 Å². The number of rotatable bonds is 6. The molecule has 24 heavy (non-hydrogen) atoms. The maximum Gasteiger partial charge on any atom is 0.244 e. The molecule has 0 radical (unpaired) electrons. The fourth-order valence-electron chi connectivity index (χ4n) is 2.67. The van der Waals surface area contributed by atoms with Crippen molar-refractivity contribution >= 4 is 32.3 Å². The van der Waals surface area contributed by atoms with E-state index < -0.39 is 19.9 Å². The molecule has 0 aromatic carbocycles. The third-order valence-electron chi connectivity index (χ3n) is 4.10. The van der Waals surface area contributed by atoms with Gasteiger partial charge in [0, 0.05) is 25.5 Å².